The van der Waals surface area contributed by atoms with Crippen LogP contribution in [0.2, 0.25) is 0 Å². The zero-order valence-corrected chi connectivity index (χ0v) is 15.7. The monoisotopic (exact) mass is 378 g/mol. The first-order chi connectivity index (χ1) is 13.7. The Morgan fingerprint density at radius 3 is 2.68 bits per heavy atom. The van der Waals surface area contributed by atoms with Gasteiger partial charge in [0.25, 0.3) is 5.91 Å². The summed E-state index contributed by atoms with van der Waals surface area (Å²) in [5.74, 6) is 0.599. The van der Waals surface area contributed by atoms with Crippen LogP contribution >= 0.6 is 0 Å². The summed E-state index contributed by atoms with van der Waals surface area (Å²) < 4.78 is 3.84. The van der Waals surface area contributed by atoms with Crippen molar-refractivity contribution in [3.63, 3.8) is 0 Å². The molecule has 0 saturated heterocycles. The van der Waals surface area contributed by atoms with E-state index in [2.05, 4.69) is 19.9 Å². The second kappa shape index (κ2) is 7.67. The average molecular weight is 378 g/mol. The molecule has 1 aromatic carbocycles. The minimum atomic E-state index is -0.205. The fourth-order valence-electron chi connectivity index (χ4n) is 3.55. The van der Waals surface area contributed by atoms with Crippen LogP contribution in [0, 0.1) is 0 Å². The maximum Gasteiger partial charge on any atom is 0.271 e. The van der Waals surface area contributed by atoms with Crippen molar-refractivity contribution in [2.75, 3.05) is 20.1 Å². The van der Waals surface area contributed by atoms with Crippen molar-refractivity contribution in [2.45, 2.75) is 19.5 Å². The molecule has 2 aromatic heterocycles. The Kier molecular flexibility index (Phi) is 4.92. The lowest BCUT2D eigenvalue weighted by Gasteiger charge is -2.20. The van der Waals surface area contributed by atoms with Gasteiger partial charge in [0, 0.05) is 51.1 Å². The fourth-order valence-corrected chi connectivity index (χ4v) is 3.55. The van der Waals surface area contributed by atoms with Gasteiger partial charge >= 0.3 is 0 Å². The molecule has 144 valence electrons. The van der Waals surface area contributed by atoms with Gasteiger partial charge in [-0.2, -0.15) is 0 Å². The molecule has 28 heavy (non-hydrogen) atoms. The zero-order valence-electron chi connectivity index (χ0n) is 15.7. The molecule has 8 nitrogen and oxygen atoms in total. The first-order valence-corrected chi connectivity index (χ1v) is 9.28. The van der Waals surface area contributed by atoms with Crippen LogP contribution in [-0.2, 0) is 24.3 Å². The fraction of sp³-hybridized carbons (Fsp3) is 0.300. The number of amides is 2. The van der Waals surface area contributed by atoms with Crippen molar-refractivity contribution < 1.29 is 9.59 Å². The van der Waals surface area contributed by atoms with Gasteiger partial charge in [0.15, 0.2) is 0 Å². The van der Waals surface area contributed by atoms with Gasteiger partial charge < -0.3 is 19.4 Å². The standard InChI is InChI=1S/C20H22N6O2/c1-21-20(28)18-16-7-9-25(17(27)13-24-10-8-22-14-24)11-12-26(16)19(23-18)15-5-3-2-4-6-15/h2-6,8,10,14H,7,9,11-13H2,1H3,(H,21,28). The summed E-state index contributed by atoms with van der Waals surface area (Å²) in [7, 11) is 1.61. The molecule has 3 heterocycles. The minimum Gasteiger partial charge on any atom is -0.354 e. The molecule has 0 aliphatic carbocycles. The smallest absolute Gasteiger partial charge is 0.271 e. The Morgan fingerprint density at radius 2 is 1.96 bits per heavy atom. The van der Waals surface area contributed by atoms with Crippen LogP contribution in [0.5, 0.6) is 0 Å². The SMILES string of the molecule is CNC(=O)c1nc(-c2ccccc2)n2c1CCN(C(=O)Cn1ccnc1)CC2. The lowest BCUT2D eigenvalue weighted by atomic mass is 10.2. The highest BCUT2D eigenvalue weighted by molar-refractivity contribution is 5.94. The number of carbonyl (C=O) groups excluding carboxylic acids is 2. The van der Waals surface area contributed by atoms with Crippen molar-refractivity contribution in [3.8, 4) is 11.4 Å². The molecule has 0 bridgehead atoms. The minimum absolute atomic E-state index is 0.0412. The van der Waals surface area contributed by atoms with Gasteiger partial charge in [0.05, 0.1) is 12.0 Å². The van der Waals surface area contributed by atoms with Crippen LogP contribution in [0.1, 0.15) is 16.2 Å². The van der Waals surface area contributed by atoms with Crippen molar-refractivity contribution in [3.05, 3.63) is 60.4 Å². The molecule has 0 radical (unpaired) electrons. The van der Waals surface area contributed by atoms with Crippen LogP contribution in [0.25, 0.3) is 11.4 Å². The van der Waals surface area contributed by atoms with E-state index in [1.165, 1.54) is 0 Å². The normalized spacial score (nSPS) is 13.7. The third-order valence-electron chi connectivity index (χ3n) is 4.99. The van der Waals surface area contributed by atoms with E-state index >= 15 is 0 Å². The van der Waals surface area contributed by atoms with Gasteiger partial charge in [0.1, 0.15) is 18.1 Å². The molecule has 0 saturated carbocycles. The molecule has 1 N–H and O–H groups in total. The molecular weight excluding hydrogens is 356 g/mol. The van der Waals surface area contributed by atoms with Crippen LogP contribution in [-0.4, -0.2) is 56.0 Å². The molecule has 8 heteroatoms. The number of fused-ring (bicyclic) bond motifs is 1. The zero-order chi connectivity index (χ0) is 19.5. The van der Waals surface area contributed by atoms with Crippen molar-refractivity contribution >= 4 is 11.8 Å². The predicted octanol–water partition coefficient (Wildman–Crippen LogP) is 1.19. The summed E-state index contributed by atoms with van der Waals surface area (Å²) in [6.07, 6.45) is 5.66. The highest BCUT2D eigenvalue weighted by Crippen LogP contribution is 2.25. The Labute approximate surface area is 162 Å². The van der Waals surface area contributed by atoms with Crippen molar-refractivity contribution in [1.82, 2.24) is 29.3 Å². The van der Waals surface area contributed by atoms with Crippen molar-refractivity contribution in [1.29, 1.82) is 0 Å². The molecule has 1 aliphatic heterocycles. The van der Waals surface area contributed by atoms with E-state index in [1.54, 1.807) is 30.3 Å². The Balaban J connectivity index is 1.63. The first kappa shape index (κ1) is 18.0. The van der Waals surface area contributed by atoms with Crippen LogP contribution in [0.3, 0.4) is 0 Å². The number of hydrogen-bond donors (Lipinski definition) is 1. The van der Waals surface area contributed by atoms with E-state index in [0.717, 1.165) is 17.1 Å². The number of nitrogens with zero attached hydrogens (tertiary/aromatic N) is 5. The lowest BCUT2D eigenvalue weighted by molar-refractivity contribution is -0.131. The number of imidazole rings is 2. The molecule has 4 rings (SSSR count). The highest BCUT2D eigenvalue weighted by atomic mass is 16.2. The van der Waals surface area contributed by atoms with Crippen molar-refractivity contribution in [2.24, 2.45) is 0 Å². The van der Waals surface area contributed by atoms with E-state index in [9.17, 15) is 9.59 Å². The summed E-state index contributed by atoms with van der Waals surface area (Å²) in [4.78, 5) is 35.6. The quantitative estimate of drug-likeness (QED) is 0.739. The summed E-state index contributed by atoms with van der Waals surface area (Å²) >= 11 is 0. The third kappa shape index (κ3) is 3.40. The molecule has 0 atom stereocenters. The number of hydrogen-bond acceptors (Lipinski definition) is 4. The largest absolute Gasteiger partial charge is 0.354 e. The number of aromatic nitrogens is 4. The van der Waals surface area contributed by atoms with Gasteiger partial charge in [-0.1, -0.05) is 30.3 Å². The van der Waals surface area contributed by atoms with E-state index in [4.69, 9.17) is 0 Å². The molecule has 0 unspecified atom stereocenters. The van der Waals surface area contributed by atoms with E-state index in [0.29, 0.717) is 31.7 Å². The van der Waals surface area contributed by atoms with E-state index < -0.39 is 0 Å². The Bertz CT molecular complexity index is 978. The highest BCUT2D eigenvalue weighted by Gasteiger charge is 2.27. The van der Waals surface area contributed by atoms with E-state index in [-0.39, 0.29) is 18.4 Å². The van der Waals surface area contributed by atoms with Gasteiger partial charge in [-0.05, 0) is 0 Å². The second-order valence-corrected chi connectivity index (χ2v) is 6.69. The molecule has 3 aromatic rings. The maximum atomic E-state index is 12.7. The molecule has 1 aliphatic rings. The van der Waals surface area contributed by atoms with Crippen LogP contribution in [0.4, 0.5) is 0 Å². The first-order valence-electron chi connectivity index (χ1n) is 9.28. The van der Waals surface area contributed by atoms with Gasteiger partial charge in [-0.3, -0.25) is 9.59 Å². The number of carbonyl (C=O) groups is 2. The number of benzene rings is 1. The lowest BCUT2D eigenvalue weighted by Crippen LogP contribution is -2.36. The summed E-state index contributed by atoms with van der Waals surface area (Å²) in [6, 6.07) is 9.82. The average Bonchev–Trinajstić information content (AvgIpc) is 3.30. The molecule has 0 spiro atoms. The Morgan fingerprint density at radius 1 is 1.14 bits per heavy atom. The van der Waals surface area contributed by atoms with Gasteiger partial charge in [-0.15, -0.1) is 0 Å². The summed E-state index contributed by atoms with van der Waals surface area (Å²) in [5, 5.41) is 2.67. The predicted molar refractivity (Wildman–Crippen MR) is 104 cm³/mol. The second-order valence-electron chi connectivity index (χ2n) is 6.69. The summed E-state index contributed by atoms with van der Waals surface area (Å²) in [6.45, 7) is 1.99. The van der Waals surface area contributed by atoms with Crippen LogP contribution < -0.4 is 5.32 Å². The third-order valence-corrected chi connectivity index (χ3v) is 4.99. The Hall–Kier alpha value is -3.42. The molecule has 2 amide bonds. The number of rotatable bonds is 4. The van der Waals surface area contributed by atoms with Gasteiger partial charge in [-0.25, -0.2) is 9.97 Å². The van der Waals surface area contributed by atoms with E-state index in [1.807, 2.05) is 35.2 Å². The number of nitrogens with one attached hydrogen (secondary N) is 1. The van der Waals surface area contributed by atoms with Gasteiger partial charge in [0.2, 0.25) is 5.91 Å². The molecular formula is C20H22N6O2. The van der Waals surface area contributed by atoms with Crippen LogP contribution in [0.15, 0.2) is 49.1 Å². The summed E-state index contributed by atoms with van der Waals surface area (Å²) in [5.41, 5.74) is 2.26. The topological polar surface area (TPSA) is 85.0 Å². The molecule has 0 fully saturated rings. The maximum absolute atomic E-state index is 12.7.